The van der Waals surface area contributed by atoms with Crippen molar-refractivity contribution in [1.29, 1.82) is 0 Å². The summed E-state index contributed by atoms with van der Waals surface area (Å²) in [5, 5.41) is 6.93. The molecule has 1 atom stereocenters. The van der Waals surface area contributed by atoms with Gasteiger partial charge in [-0.15, -0.1) is 0 Å². The fourth-order valence-corrected chi connectivity index (χ4v) is 2.65. The van der Waals surface area contributed by atoms with Crippen LogP contribution in [0.4, 0.5) is 5.82 Å². The van der Waals surface area contributed by atoms with E-state index < -0.39 is 0 Å². The first-order valence-corrected chi connectivity index (χ1v) is 7.73. The summed E-state index contributed by atoms with van der Waals surface area (Å²) in [6.07, 6.45) is 3.77. The molecule has 0 bridgehead atoms. The number of hydrogen-bond donors (Lipinski definition) is 2. The Morgan fingerprint density at radius 3 is 2.76 bits per heavy atom. The van der Waals surface area contributed by atoms with Crippen LogP contribution in [0.25, 0.3) is 11.0 Å². The van der Waals surface area contributed by atoms with Crippen molar-refractivity contribution in [3.05, 3.63) is 24.3 Å². The Morgan fingerprint density at radius 1 is 1.24 bits per heavy atom. The number of anilines is 1. The highest BCUT2D eigenvalue weighted by atomic mass is 16.5. The van der Waals surface area contributed by atoms with Crippen molar-refractivity contribution < 1.29 is 4.74 Å². The summed E-state index contributed by atoms with van der Waals surface area (Å²) in [6.45, 7) is 4.51. The summed E-state index contributed by atoms with van der Waals surface area (Å²) in [5.74, 6) is 1.33. The molecule has 0 unspecified atom stereocenters. The molecule has 0 amide bonds. The number of piperidine rings is 1. The summed E-state index contributed by atoms with van der Waals surface area (Å²) in [4.78, 5) is 9.21. The molecule has 1 aliphatic rings. The average molecular weight is 286 g/mol. The first kappa shape index (κ1) is 14.1. The molecule has 2 aromatic rings. The highest BCUT2D eigenvalue weighted by Crippen LogP contribution is 2.23. The molecule has 0 aliphatic carbocycles. The van der Waals surface area contributed by atoms with Gasteiger partial charge in [0.1, 0.15) is 0 Å². The summed E-state index contributed by atoms with van der Waals surface area (Å²) in [5.41, 5.74) is 1.75. The fraction of sp³-hybridized carbons (Fsp3) is 0.500. The fourth-order valence-electron chi connectivity index (χ4n) is 2.65. The third-order valence-electron chi connectivity index (χ3n) is 3.75. The van der Waals surface area contributed by atoms with E-state index in [1.807, 2.05) is 31.2 Å². The summed E-state index contributed by atoms with van der Waals surface area (Å²) in [7, 11) is 0. The van der Waals surface area contributed by atoms with E-state index in [0.717, 1.165) is 29.9 Å². The van der Waals surface area contributed by atoms with Gasteiger partial charge < -0.3 is 15.4 Å². The number of nitrogens with zero attached hydrogens (tertiary/aromatic N) is 2. The van der Waals surface area contributed by atoms with Gasteiger partial charge in [0.2, 0.25) is 0 Å². The number of hydrogen-bond acceptors (Lipinski definition) is 5. The standard InChI is InChI=1S/C16H22N4O/c1-2-21-16-15(18-11-12-7-5-6-10-17-12)19-13-8-3-4-9-14(13)20-16/h3-4,8-9,12,17H,2,5-7,10-11H2,1H3,(H,18,19)/t12-/m1/s1. The van der Waals surface area contributed by atoms with Gasteiger partial charge in [-0.2, -0.15) is 0 Å². The van der Waals surface area contributed by atoms with Crippen molar-refractivity contribution in [3.63, 3.8) is 0 Å². The second-order valence-electron chi connectivity index (χ2n) is 5.33. The SMILES string of the molecule is CCOc1nc2ccccc2nc1NC[C@H]1CCCCN1. The van der Waals surface area contributed by atoms with Crippen molar-refractivity contribution in [2.24, 2.45) is 0 Å². The van der Waals surface area contributed by atoms with Gasteiger partial charge in [0.05, 0.1) is 17.6 Å². The van der Waals surface area contributed by atoms with Gasteiger partial charge in [-0.3, -0.25) is 0 Å². The molecular formula is C16H22N4O. The van der Waals surface area contributed by atoms with Gasteiger partial charge in [-0.1, -0.05) is 18.6 Å². The van der Waals surface area contributed by atoms with E-state index in [0.29, 0.717) is 18.5 Å². The quantitative estimate of drug-likeness (QED) is 0.884. The minimum Gasteiger partial charge on any atom is -0.475 e. The Bertz CT molecular complexity index is 596. The molecule has 0 spiro atoms. The smallest absolute Gasteiger partial charge is 0.258 e. The molecule has 21 heavy (non-hydrogen) atoms. The number of nitrogens with one attached hydrogen (secondary N) is 2. The van der Waals surface area contributed by atoms with Crippen LogP contribution in [0.1, 0.15) is 26.2 Å². The van der Waals surface area contributed by atoms with Gasteiger partial charge in [-0.05, 0) is 38.4 Å². The molecule has 5 heteroatoms. The highest BCUT2D eigenvalue weighted by Gasteiger charge is 2.15. The molecule has 0 saturated carbocycles. The molecule has 2 N–H and O–H groups in total. The Balaban J connectivity index is 1.79. The monoisotopic (exact) mass is 286 g/mol. The lowest BCUT2D eigenvalue weighted by molar-refractivity contribution is 0.328. The molecule has 112 valence electrons. The molecule has 1 aliphatic heterocycles. The molecule has 2 heterocycles. The van der Waals surface area contributed by atoms with Crippen molar-refractivity contribution in [3.8, 4) is 5.88 Å². The number of benzene rings is 1. The second-order valence-corrected chi connectivity index (χ2v) is 5.33. The second kappa shape index (κ2) is 6.72. The van der Waals surface area contributed by atoms with Crippen LogP contribution in [0, 0.1) is 0 Å². The van der Waals surface area contributed by atoms with Crippen LogP contribution >= 0.6 is 0 Å². The molecule has 1 saturated heterocycles. The molecule has 1 aromatic heterocycles. The van der Waals surface area contributed by atoms with Crippen molar-refractivity contribution in [1.82, 2.24) is 15.3 Å². The van der Waals surface area contributed by atoms with Crippen LogP contribution in [0.3, 0.4) is 0 Å². The number of fused-ring (bicyclic) bond motifs is 1. The van der Waals surface area contributed by atoms with Crippen molar-refractivity contribution in [2.45, 2.75) is 32.2 Å². The zero-order valence-electron chi connectivity index (χ0n) is 12.4. The van der Waals surface area contributed by atoms with Crippen LogP contribution < -0.4 is 15.4 Å². The van der Waals surface area contributed by atoms with E-state index in [-0.39, 0.29) is 0 Å². The van der Waals surface area contributed by atoms with Crippen molar-refractivity contribution >= 4 is 16.9 Å². The number of rotatable bonds is 5. The first-order chi connectivity index (χ1) is 10.4. The largest absolute Gasteiger partial charge is 0.475 e. The Morgan fingerprint density at radius 2 is 2.05 bits per heavy atom. The van der Waals surface area contributed by atoms with Gasteiger partial charge in [-0.25, -0.2) is 9.97 Å². The van der Waals surface area contributed by atoms with Crippen LogP contribution in [-0.4, -0.2) is 35.7 Å². The molecule has 3 rings (SSSR count). The van der Waals surface area contributed by atoms with E-state index in [9.17, 15) is 0 Å². The van der Waals surface area contributed by atoms with Gasteiger partial charge in [0, 0.05) is 12.6 Å². The lowest BCUT2D eigenvalue weighted by Gasteiger charge is -2.24. The minimum atomic E-state index is 0.501. The molecule has 0 radical (unpaired) electrons. The predicted molar refractivity (Wildman–Crippen MR) is 84.8 cm³/mol. The van der Waals surface area contributed by atoms with E-state index >= 15 is 0 Å². The number of para-hydroxylation sites is 2. The van der Waals surface area contributed by atoms with Gasteiger partial charge >= 0.3 is 0 Å². The first-order valence-electron chi connectivity index (χ1n) is 7.73. The maximum Gasteiger partial charge on any atom is 0.258 e. The van der Waals surface area contributed by atoms with E-state index in [2.05, 4.69) is 20.6 Å². The zero-order chi connectivity index (χ0) is 14.5. The Hall–Kier alpha value is -1.88. The molecule has 5 nitrogen and oxygen atoms in total. The zero-order valence-corrected chi connectivity index (χ0v) is 12.4. The number of ether oxygens (including phenoxy) is 1. The summed E-state index contributed by atoms with van der Waals surface area (Å²) in [6, 6.07) is 8.37. The molecular weight excluding hydrogens is 264 g/mol. The van der Waals surface area contributed by atoms with E-state index in [1.165, 1.54) is 19.3 Å². The van der Waals surface area contributed by atoms with Gasteiger partial charge in [0.15, 0.2) is 5.82 Å². The third-order valence-corrected chi connectivity index (χ3v) is 3.75. The average Bonchev–Trinajstić information content (AvgIpc) is 2.54. The predicted octanol–water partition coefficient (Wildman–Crippen LogP) is 2.58. The van der Waals surface area contributed by atoms with E-state index in [4.69, 9.17) is 4.74 Å². The minimum absolute atomic E-state index is 0.501. The summed E-state index contributed by atoms with van der Waals surface area (Å²) < 4.78 is 5.63. The van der Waals surface area contributed by atoms with Crippen molar-refractivity contribution in [2.75, 3.05) is 25.0 Å². The topological polar surface area (TPSA) is 59.1 Å². The van der Waals surface area contributed by atoms with Crippen LogP contribution in [0.5, 0.6) is 5.88 Å². The Kier molecular flexibility index (Phi) is 4.50. The highest BCUT2D eigenvalue weighted by molar-refractivity contribution is 5.77. The maximum absolute atomic E-state index is 5.63. The van der Waals surface area contributed by atoms with Gasteiger partial charge in [0.25, 0.3) is 5.88 Å². The Labute approximate surface area is 125 Å². The third kappa shape index (κ3) is 3.42. The van der Waals surface area contributed by atoms with Crippen LogP contribution in [0.2, 0.25) is 0 Å². The maximum atomic E-state index is 5.63. The molecule has 1 fully saturated rings. The normalized spacial score (nSPS) is 18.6. The number of aromatic nitrogens is 2. The lowest BCUT2D eigenvalue weighted by Crippen LogP contribution is -2.39. The van der Waals surface area contributed by atoms with E-state index in [1.54, 1.807) is 0 Å². The van der Waals surface area contributed by atoms with Crippen LogP contribution in [-0.2, 0) is 0 Å². The summed E-state index contributed by atoms with van der Waals surface area (Å²) >= 11 is 0. The molecule has 1 aromatic carbocycles. The lowest BCUT2D eigenvalue weighted by atomic mass is 10.1. The van der Waals surface area contributed by atoms with Crippen LogP contribution in [0.15, 0.2) is 24.3 Å².